The van der Waals surface area contributed by atoms with Crippen molar-refractivity contribution in [1.82, 2.24) is 0 Å². The van der Waals surface area contributed by atoms with Crippen LogP contribution >= 0.6 is 23.2 Å². The van der Waals surface area contributed by atoms with Crippen LogP contribution in [-0.2, 0) is 39.9 Å². The normalized spacial score (nSPS) is 33.8. The number of hydrogen-bond acceptors (Lipinski definition) is 8. The molecule has 6 rings (SSSR count). The van der Waals surface area contributed by atoms with E-state index in [0.717, 1.165) is 76.6 Å². The zero-order valence-electron chi connectivity index (χ0n) is 27.4. The monoisotopic (exact) mass is 669 g/mol. The van der Waals surface area contributed by atoms with E-state index < -0.39 is 17.7 Å². The van der Waals surface area contributed by atoms with E-state index in [9.17, 15) is 4.79 Å². The molecular weight excluding hydrogens is 617 g/mol. The van der Waals surface area contributed by atoms with Gasteiger partial charge in [-0.2, -0.15) is 0 Å². The van der Waals surface area contributed by atoms with Crippen molar-refractivity contribution in [2.75, 3.05) is 43.0 Å². The second-order valence-electron chi connectivity index (χ2n) is 13.7. The highest BCUT2D eigenvalue weighted by Crippen LogP contribution is 2.60. The summed E-state index contributed by atoms with van der Waals surface area (Å²) in [6.07, 6.45) is 9.18. The second kappa shape index (κ2) is 16.3. The molecule has 0 N–H and O–H groups in total. The summed E-state index contributed by atoms with van der Waals surface area (Å²) in [6.45, 7) is 9.14. The fraction of sp³-hybridized carbons (Fsp3) is 0.800. The van der Waals surface area contributed by atoms with Gasteiger partial charge in [0.05, 0.1) is 6.61 Å². The van der Waals surface area contributed by atoms with Gasteiger partial charge < -0.3 is 23.8 Å². The second-order valence-corrected chi connectivity index (χ2v) is 14.4. The summed E-state index contributed by atoms with van der Waals surface area (Å²) >= 11 is 11.8. The third kappa shape index (κ3) is 8.30. The Morgan fingerprint density at radius 1 is 0.933 bits per heavy atom. The first kappa shape index (κ1) is 35.2. The summed E-state index contributed by atoms with van der Waals surface area (Å²) in [4.78, 5) is 26.5. The fourth-order valence-electron chi connectivity index (χ4n) is 7.96. The topological polar surface area (TPSA) is 75.7 Å². The average molecular weight is 671 g/mol. The van der Waals surface area contributed by atoms with Crippen molar-refractivity contribution in [3.05, 3.63) is 29.8 Å². The standard InChI is InChI=1S/C35H53Cl2NO7/c1-25-11-16-30-26(2)32(42-33-35(30)29(25)17-18-34(3,43-33)44-45-35)41-24-7-5-4-6-23-40-31(39)10-8-9-27-12-14-28(15-13-27)38(21-19-36)22-20-37/h12-15,25-26,29-30,32-33H,4-11,16-24H2,1-3H3/t25-,26-,29+,30+,32+,33-,34-,35-/m1/s1. The Labute approximate surface area is 279 Å². The molecule has 0 amide bonds. The van der Waals surface area contributed by atoms with E-state index in [1.54, 1.807) is 0 Å². The molecule has 8 nitrogen and oxygen atoms in total. The third-order valence-electron chi connectivity index (χ3n) is 10.5. The van der Waals surface area contributed by atoms with Gasteiger partial charge in [0, 0.05) is 61.8 Å². The number of halogens is 2. The Morgan fingerprint density at radius 2 is 1.67 bits per heavy atom. The van der Waals surface area contributed by atoms with Crippen LogP contribution in [0.1, 0.15) is 90.5 Å². The number of fused-ring (bicyclic) bond motifs is 2. The van der Waals surface area contributed by atoms with Crippen LogP contribution in [0.15, 0.2) is 24.3 Å². The van der Waals surface area contributed by atoms with Gasteiger partial charge in [-0.3, -0.25) is 4.79 Å². The van der Waals surface area contributed by atoms with Crippen LogP contribution < -0.4 is 4.90 Å². The van der Waals surface area contributed by atoms with Gasteiger partial charge in [-0.1, -0.05) is 32.4 Å². The van der Waals surface area contributed by atoms with Crippen LogP contribution in [0.3, 0.4) is 0 Å². The Bertz CT molecular complexity index is 1070. The Balaban J connectivity index is 0.940. The summed E-state index contributed by atoms with van der Waals surface area (Å²) in [5, 5.41) is 0. The molecule has 0 radical (unpaired) electrons. The van der Waals surface area contributed by atoms with Crippen LogP contribution in [0.4, 0.5) is 5.69 Å². The molecule has 2 bridgehead atoms. The third-order valence-corrected chi connectivity index (χ3v) is 10.9. The van der Waals surface area contributed by atoms with Gasteiger partial charge in [-0.05, 0) is 87.8 Å². The predicted octanol–water partition coefficient (Wildman–Crippen LogP) is 7.62. The first-order valence-corrected chi connectivity index (χ1v) is 18.3. The maximum absolute atomic E-state index is 12.2. The molecule has 45 heavy (non-hydrogen) atoms. The van der Waals surface area contributed by atoms with Gasteiger partial charge in [-0.15, -0.1) is 23.2 Å². The summed E-state index contributed by atoms with van der Waals surface area (Å²) in [5.41, 5.74) is 1.78. The number of anilines is 1. The molecule has 0 aromatic heterocycles. The van der Waals surface area contributed by atoms with E-state index in [1.165, 1.54) is 12.0 Å². The molecule has 1 aromatic rings. The van der Waals surface area contributed by atoms with Crippen molar-refractivity contribution in [1.29, 1.82) is 0 Å². The molecule has 5 aliphatic rings. The molecule has 4 saturated heterocycles. The minimum Gasteiger partial charge on any atom is -0.466 e. The smallest absolute Gasteiger partial charge is 0.305 e. The van der Waals surface area contributed by atoms with Crippen molar-refractivity contribution >= 4 is 34.9 Å². The van der Waals surface area contributed by atoms with E-state index in [1.807, 2.05) is 6.92 Å². The SMILES string of the molecule is C[C@H]1[C@@H](OCCCCCCOC(=O)CCCc2ccc(N(CCCl)CCCl)cc2)O[C@@H]2O[C@@]3(C)CC[C@H]4[C@H](C)CC[C@@H]1[C@@]24OO3. The van der Waals surface area contributed by atoms with Crippen molar-refractivity contribution in [3.63, 3.8) is 0 Å². The highest BCUT2D eigenvalue weighted by molar-refractivity contribution is 6.18. The lowest BCUT2D eigenvalue weighted by Crippen LogP contribution is -2.70. The van der Waals surface area contributed by atoms with Gasteiger partial charge in [0.1, 0.15) is 0 Å². The van der Waals surface area contributed by atoms with Gasteiger partial charge >= 0.3 is 5.97 Å². The number of aryl methyl sites for hydroxylation is 1. The number of carbonyl (C=O) groups excluding carboxylic acids is 1. The fourth-order valence-corrected chi connectivity index (χ4v) is 8.37. The largest absolute Gasteiger partial charge is 0.466 e. The number of ether oxygens (including phenoxy) is 4. The predicted molar refractivity (Wildman–Crippen MR) is 175 cm³/mol. The first-order valence-electron chi connectivity index (χ1n) is 17.2. The number of nitrogens with zero attached hydrogens (tertiary/aromatic N) is 1. The molecular formula is C35H53Cl2NO7. The minimum absolute atomic E-state index is 0.122. The summed E-state index contributed by atoms with van der Waals surface area (Å²) in [7, 11) is 0. The highest BCUT2D eigenvalue weighted by Gasteiger charge is 2.69. The number of carbonyl (C=O) groups is 1. The molecule has 5 fully saturated rings. The Morgan fingerprint density at radius 3 is 2.40 bits per heavy atom. The first-order chi connectivity index (χ1) is 21.8. The van der Waals surface area contributed by atoms with Gasteiger partial charge in [0.15, 0.2) is 18.2 Å². The summed E-state index contributed by atoms with van der Waals surface area (Å²) in [6, 6.07) is 8.42. The summed E-state index contributed by atoms with van der Waals surface area (Å²) in [5.74, 6) is 1.62. The maximum Gasteiger partial charge on any atom is 0.305 e. The number of rotatable bonds is 17. The van der Waals surface area contributed by atoms with E-state index in [4.69, 9.17) is 51.9 Å². The van der Waals surface area contributed by atoms with Gasteiger partial charge in [-0.25, -0.2) is 9.78 Å². The maximum atomic E-state index is 12.2. The molecule has 8 atom stereocenters. The van der Waals surface area contributed by atoms with Crippen molar-refractivity contribution in [3.8, 4) is 0 Å². The lowest BCUT2D eigenvalue weighted by molar-refractivity contribution is -0.577. The molecule has 0 unspecified atom stereocenters. The number of benzene rings is 1. The molecule has 10 heteroatoms. The number of esters is 1. The molecule has 1 saturated carbocycles. The Hall–Kier alpha value is -1.13. The van der Waals surface area contributed by atoms with Gasteiger partial charge in [0.2, 0.25) is 5.79 Å². The van der Waals surface area contributed by atoms with Crippen LogP contribution in [-0.4, -0.2) is 68.0 Å². The molecule has 1 aromatic carbocycles. The van der Waals surface area contributed by atoms with E-state index in [2.05, 4.69) is 43.0 Å². The van der Waals surface area contributed by atoms with Crippen LogP contribution in [0.5, 0.6) is 0 Å². The zero-order chi connectivity index (χ0) is 31.9. The van der Waals surface area contributed by atoms with E-state index >= 15 is 0 Å². The summed E-state index contributed by atoms with van der Waals surface area (Å²) < 4.78 is 24.7. The van der Waals surface area contributed by atoms with Crippen molar-refractivity contribution in [2.24, 2.45) is 23.7 Å². The molecule has 4 aliphatic heterocycles. The highest BCUT2D eigenvalue weighted by atomic mass is 35.5. The lowest BCUT2D eigenvalue weighted by Gasteiger charge is -2.60. The number of unbranched alkanes of at least 4 members (excludes halogenated alkanes) is 3. The lowest BCUT2D eigenvalue weighted by atomic mass is 9.58. The van der Waals surface area contributed by atoms with E-state index in [0.29, 0.717) is 43.2 Å². The van der Waals surface area contributed by atoms with Crippen molar-refractivity contribution in [2.45, 2.75) is 115 Å². The van der Waals surface area contributed by atoms with E-state index in [-0.39, 0.29) is 24.1 Å². The zero-order valence-corrected chi connectivity index (χ0v) is 28.9. The van der Waals surface area contributed by atoms with Crippen LogP contribution in [0, 0.1) is 23.7 Å². The Kier molecular flexibility index (Phi) is 12.8. The molecule has 4 heterocycles. The minimum atomic E-state index is -0.768. The van der Waals surface area contributed by atoms with Gasteiger partial charge in [0.25, 0.3) is 0 Å². The number of hydrogen-bond donors (Lipinski definition) is 0. The van der Waals surface area contributed by atoms with Crippen LogP contribution in [0.25, 0.3) is 0 Å². The van der Waals surface area contributed by atoms with Crippen molar-refractivity contribution < 1.29 is 33.5 Å². The molecule has 1 spiro atoms. The number of alkyl halides is 2. The molecule has 1 aliphatic carbocycles. The quantitative estimate of drug-likeness (QED) is 0.0726. The molecule has 254 valence electrons. The van der Waals surface area contributed by atoms with Crippen LogP contribution in [0.2, 0.25) is 0 Å². The average Bonchev–Trinajstić information content (AvgIpc) is 3.26.